The molecule has 0 bridgehead atoms. The Morgan fingerprint density at radius 3 is 2.75 bits per heavy atom. The van der Waals surface area contributed by atoms with E-state index in [2.05, 4.69) is 0 Å². The molecule has 1 heterocycles. The fourth-order valence-electron chi connectivity index (χ4n) is 1.18. The molecule has 2 rings (SSSR count). The second-order valence-electron chi connectivity index (χ2n) is 2.66. The van der Waals surface area contributed by atoms with Crippen molar-refractivity contribution in [2.75, 3.05) is 0 Å². The quantitative estimate of drug-likeness (QED) is 0.588. The molecule has 0 aliphatic heterocycles. The zero-order chi connectivity index (χ0) is 8.72. The van der Waals surface area contributed by atoms with E-state index >= 15 is 0 Å². The van der Waals surface area contributed by atoms with Crippen LogP contribution in [0.25, 0.3) is 10.1 Å². The molecule has 0 saturated carbocycles. The predicted molar refractivity (Wildman–Crippen MR) is 46.5 cm³/mol. The molecule has 0 radical (unpaired) electrons. The van der Waals surface area contributed by atoms with Crippen LogP contribution < -0.4 is 0 Å². The number of rotatable bonds is 0. The average molecular weight is 184 g/mol. The fourth-order valence-corrected chi connectivity index (χ4v) is 1.99. The van der Waals surface area contributed by atoms with Gasteiger partial charge in [0.05, 0.1) is 4.70 Å². The molecule has 2 aromatic rings. The van der Waals surface area contributed by atoms with Gasteiger partial charge < -0.3 is 0 Å². The molecule has 0 unspecified atom stereocenters. The predicted octanol–water partition coefficient (Wildman–Crippen LogP) is 3.49. The molecule has 12 heavy (non-hydrogen) atoms. The van der Waals surface area contributed by atoms with Gasteiger partial charge in [0.2, 0.25) is 0 Å². The van der Waals surface area contributed by atoms with Gasteiger partial charge in [-0.1, -0.05) is 0 Å². The van der Waals surface area contributed by atoms with Crippen LogP contribution in [-0.2, 0) is 0 Å². The summed E-state index contributed by atoms with van der Waals surface area (Å²) in [5, 5.41) is 2.53. The van der Waals surface area contributed by atoms with E-state index in [0.29, 0.717) is 10.3 Å². The second-order valence-corrected chi connectivity index (χ2v) is 3.58. The Labute approximate surface area is 72.4 Å². The van der Waals surface area contributed by atoms with Gasteiger partial charge in [0.25, 0.3) is 0 Å². The Kier molecular flexibility index (Phi) is 1.61. The lowest BCUT2D eigenvalue weighted by Gasteiger charge is -1.98. The zero-order valence-corrected chi connectivity index (χ0v) is 7.21. The van der Waals surface area contributed by atoms with E-state index in [1.807, 2.05) is 0 Å². The van der Waals surface area contributed by atoms with Crippen LogP contribution in [0.4, 0.5) is 8.78 Å². The van der Waals surface area contributed by atoms with E-state index in [1.54, 1.807) is 24.4 Å². The summed E-state index contributed by atoms with van der Waals surface area (Å²) < 4.78 is 26.5. The molecule has 62 valence electrons. The summed E-state index contributed by atoms with van der Waals surface area (Å²) in [4.78, 5) is 0. The molecule has 0 saturated heterocycles. The molecule has 0 aliphatic carbocycles. The van der Waals surface area contributed by atoms with Gasteiger partial charge in [0.1, 0.15) is 0 Å². The summed E-state index contributed by atoms with van der Waals surface area (Å²) in [5.74, 6) is -1.45. The van der Waals surface area contributed by atoms with E-state index in [1.165, 1.54) is 11.3 Å². The minimum Gasteiger partial charge on any atom is -0.203 e. The number of benzene rings is 1. The Balaban J connectivity index is 2.94. The van der Waals surface area contributed by atoms with E-state index < -0.39 is 11.6 Å². The average Bonchev–Trinajstić information content (AvgIpc) is 2.48. The van der Waals surface area contributed by atoms with Gasteiger partial charge in [-0.2, -0.15) is 0 Å². The van der Waals surface area contributed by atoms with Gasteiger partial charge in [-0.15, -0.1) is 11.3 Å². The molecule has 3 heteroatoms. The Bertz CT molecular complexity index is 431. The minimum absolute atomic E-state index is 0.360. The van der Waals surface area contributed by atoms with Gasteiger partial charge >= 0.3 is 0 Å². The standard InChI is InChI=1S/C9H6F2S/c1-5-4-6-2-3-12-9(6)8(11)7(5)10/h2-4H,1H3. The highest BCUT2D eigenvalue weighted by atomic mass is 32.1. The van der Waals surface area contributed by atoms with E-state index in [4.69, 9.17) is 0 Å². The van der Waals surface area contributed by atoms with Crippen molar-refractivity contribution in [2.45, 2.75) is 6.92 Å². The summed E-state index contributed by atoms with van der Waals surface area (Å²) in [6, 6.07) is 3.44. The van der Waals surface area contributed by atoms with Crippen molar-refractivity contribution >= 4 is 21.4 Å². The summed E-state index contributed by atoms with van der Waals surface area (Å²) in [5.41, 5.74) is 0.360. The highest BCUT2D eigenvalue weighted by Gasteiger charge is 2.10. The monoisotopic (exact) mass is 184 g/mol. The first-order chi connectivity index (χ1) is 5.70. The Morgan fingerprint density at radius 2 is 2.00 bits per heavy atom. The molecular weight excluding hydrogens is 178 g/mol. The highest BCUT2D eigenvalue weighted by Crippen LogP contribution is 2.27. The molecule has 0 N–H and O–H groups in total. The zero-order valence-electron chi connectivity index (χ0n) is 6.40. The van der Waals surface area contributed by atoms with Crippen LogP contribution in [0.3, 0.4) is 0 Å². The third-order valence-electron chi connectivity index (χ3n) is 1.81. The third-order valence-corrected chi connectivity index (χ3v) is 2.73. The maximum Gasteiger partial charge on any atom is 0.176 e. The van der Waals surface area contributed by atoms with Gasteiger partial charge in [-0.25, -0.2) is 8.78 Å². The molecular formula is C9H6F2S. The lowest BCUT2D eigenvalue weighted by Crippen LogP contribution is -1.87. The Morgan fingerprint density at radius 1 is 1.25 bits per heavy atom. The van der Waals surface area contributed by atoms with Gasteiger partial charge in [0, 0.05) is 0 Å². The number of halogens is 2. The van der Waals surface area contributed by atoms with Gasteiger partial charge in [-0.3, -0.25) is 0 Å². The lowest BCUT2D eigenvalue weighted by molar-refractivity contribution is 0.512. The molecule has 1 aromatic carbocycles. The first-order valence-electron chi connectivity index (χ1n) is 3.52. The van der Waals surface area contributed by atoms with Crippen molar-refractivity contribution in [1.82, 2.24) is 0 Å². The van der Waals surface area contributed by atoms with Crippen molar-refractivity contribution in [2.24, 2.45) is 0 Å². The lowest BCUT2D eigenvalue weighted by atomic mass is 10.2. The molecule has 1 aromatic heterocycles. The van der Waals surface area contributed by atoms with Crippen molar-refractivity contribution in [3.8, 4) is 0 Å². The first kappa shape index (κ1) is 7.68. The first-order valence-corrected chi connectivity index (χ1v) is 4.40. The smallest absolute Gasteiger partial charge is 0.176 e. The fraction of sp³-hybridized carbons (Fsp3) is 0.111. The highest BCUT2D eigenvalue weighted by molar-refractivity contribution is 7.17. The van der Waals surface area contributed by atoms with Crippen molar-refractivity contribution in [1.29, 1.82) is 0 Å². The summed E-state index contributed by atoms with van der Waals surface area (Å²) >= 11 is 1.22. The van der Waals surface area contributed by atoms with Crippen LogP contribution in [-0.4, -0.2) is 0 Å². The van der Waals surface area contributed by atoms with Gasteiger partial charge in [-0.05, 0) is 35.4 Å². The van der Waals surface area contributed by atoms with Crippen LogP contribution in [0.1, 0.15) is 5.56 Å². The van der Waals surface area contributed by atoms with Crippen molar-refractivity contribution in [3.63, 3.8) is 0 Å². The summed E-state index contributed by atoms with van der Waals surface area (Å²) in [6.45, 7) is 1.56. The van der Waals surface area contributed by atoms with E-state index in [-0.39, 0.29) is 0 Å². The summed E-state index contributed by atoms with van der Waals surface area (Å²) in [6.07, 6.45) is 0. The topological polar surface area (TPSA) is 0 Å². The molecule has 0 aliphatic rings. The minimum atomic E-state index is -0.732. The van der Waals surface area contributed by atoms with E-state index in [0.717, 1.165) is 5.39 Å². The van der Waals surface area contributed by atoms with E-state index in [9.17, 15) is 8.78 Å². The van der Waals surface area contributed by atoms with Crippen LogP contribution in [0.2, 0.25) is 0 Å². The maximum atomic E-state index is 13.1. The molecule has 0 amide bonds. The van der Waals surface area contributed by atoms with Crippen LogP contribution in [0.15, 0.2) is 17.5 Å². The second kappa shape index (κ2) is 2.52. The summed E-state index contributed by atoms with van der Waals surface area (Å²) in [7, 11) is 0. The Hall–Kier alpha value is -0.960. The third kappa shape index (κ3) is 0.932. The largest absolute Gasteiger partial charge is 0.203 e. The number of thiophene rings is 1. The maximum absolute atomic E-state index is 13.1. The van der Waals surface area contributed by atoms with Gasteiger partial charge in [0.15, 0.2) is 11.6 Å². The van der Waals surface area contributed by atoms with Crippen LogP contribution >= 0.6 is 11.3 Å². The molecule has 0 atom stereocenters. The molecule has 0 nitrogen and oxygen atoms in total. The van der Waals surface area contributed by atoms with Crippen LogP contribution in [0.5, 0.6) is 0 Å². The number of aryl methyl sites for hydroxylation is 1. The normalized spacial score (nSPS) is 10.9. The number of fused-ring (bicyclic) bond motifs is 1. The van der Waals surface area contributed by atoms with Crippen molar-refractivity contribution in [3.05, 3.63) is 34.7 Å². The molecule has 0 fully saturated rings. The number of hydrogen-bond donors (Lipinski definition) is 0. The molecule has 0 spiro atoms. The van der Waals surface area contributed by atoms with Crippen LogP contribution in [0, 0.1) is 18.6 Å². The van der Waals surface area contributed by atoms with Crippen molar-refractivity contribution < 1.29 is 8.78 Å². The number of hydrogen-bond acceptors (Lipinski definition) is 1. The SMILES string of the molecule is Cc1cc2ccsc2c(F)c1F.